The normalized spacial score (nSPS) is 15.8. The summed E-state index contributed by atoms with van der Waals surface area (Å²) in [5.74, 6) is -2.35. The van der Waals surface area contributed by atoms with Gasteiger partial charge < -0.3 is 5.11 Å². The topological polar surface area (TPSA) is 108 Å². The fraction of sp³-hybridized carbons (Fsp3) is 0.500. The van der Waals surface area contributed by atoms with Crippen LogP contribution in [0, 0.1) is 0 Å². The van der Waals surface area contributed by atoms with Crippen LogP contribution in [0.4, 0.5) is 13.2 Å². The maximum atomic E-state index is 12.6. The Morgan fingerprint density at radius 2 is 1.62 bits per heavy atom. The van der Waals surface area contributed by atoms with Crippen molar-refractivity contribution in [3.63, 3.8) is 0 Å². The van der Waals surface area contributed by atoms with E-state index in [2.05, 4.69) is 0 Å². The van der Waals surface area contributed by atoms with Crippen molar-refractivity contribution in [1.29, 1.82) is 0 Å². The first-order valence-electron chi connectivity index (χ1n) is 3.82. The van der Waals surface area contributed by atoms with Gasteiger partial charge in [0.15, 0.2) is 0 Å². The number of halogens is 3. The van der Waals surface area contributed by atoms with E-state index in [4.69, 9.17) is 5.11 Å². The predicted octanol–water partition coefficient (Wildman–Crippen LogP) is -0.773. The van der Waals surface area contributed by atoms with E-state index in [0.717, 1.165) is 0 Å². The highest BCUT2D eigenvalue weighted by molar-refractivity contribution is 5.77. The molecule has 0 radical (unpaired) electrons. The van der Waals surface area contributed by atoms with Crippen LogP contribution in [0.3, 0.4) is 0 Å². The molecule has 10 heteroatoms. The minimum Gasteiger partial charge on any atom is -0.479 e. The van der Waals surface area contributed by atoms with E-state index in [9.17, 15) is 27.6 Å². The molecule has 0 spiro atoms. The number of nitrogens with one attached hydrogen (secondary N) is 2. The molecule has 1 aromatic heterocycles. The van der Waals surface area contributed by atoms with Gasteiger partial charge in [0.2, 0.25) is 5.54 Å². The van der Waals surface area contributed by atoms with Crippen LogP contribution in [0.25, 0.3) is 0 Å². The van der Waals surface area contributed by atoms with E-state index in [1.165, 1.54) is 0 Å². The molecule has 0 aromatic carbocycles. The molecular formula is C6H6F3N3O4. The molecule has 0 fully saturated rings. The quantitative estimate of drug-likeness (QED) is 0.631. The number of carboxylic acids is 1. The lowest BCUT2D eigenvalue weighted by atomic mass is 10.0. The maximum absolute atomic E-state index is 12.6. The Hall–Kier alpha value is -2.00. The first kappa shape index (κ1) is 12.1. The Morgan fingerprint density at radius 3 is 1.88 bits per heavy atom. The van der Waals surface area contributed by atoms with Gasteiger partial charge in [0.1, 0.15) is 0 Å². The molecule has 16 heavy (non-hydrogen) atoms. The average Bonchev–Trinajstić information content (AvgIpc) is 2.43. The first-order chi connectivity index (χ1) is 7.12. The first-order valence-corrected chi connectivity index (χ1v) is 3.82. The summed E-state index contributed by atoms with van der Waals surface area (Å²) >= 11 is 0. The summed E-state index contributed by atoms with van der Waals surface area (Å²) in [7, 11) is 0. The van der Waals surface area contributed by atoms with E-state index >= 15 is 0 Å². The number of hydrogen-bond acceptors (Lipinski definition) is 3. The summed E-state index contributed by atoms with van der Waals surface area (Å²) in [6.07, 6.45) is -5.29. The third-order valence-electron chi connectivity index (χ3n) is 2.10. The van der Waals surface area contributed by atoms with E-state index < -0.39 is 33.6 Å². The van der Waals surface area contributed by atoms with Crippen LogP contribution in [0.5, 0.6) is 0 Å². The van der Waals surface area contributed by atoms with Crippen LogP contribution in [-0.2, 0) is 10.3 Å². The largest absolute Gasteiger partial charge is 0.479 e. The van der Waals surface area contributed by atoms with Gasteiger partial charge in [-0.15, -0.1) is 0 Å². The molecule has 1 unspecified atom stereocenters. The minimum absolute atomic E-state index is 0.222. The number of hydrogen-bond donors (Lipinski definition) is 3. The molecule has 0 saturated heterocycles. The second-order valence-corrected chi connectivity index (χ2v) is 3.07. The molecule has 0 bridgehead atoms. The van der Waals surface area contributed by atoms with Crippen molar-refractivity contribution in [3.05, 3.63) is 21.0 Å². The third-order valence-corrected chi connectivity index (χ3v) is 2.10. The lowest BCUT2D eigenvalue weighted by Crippen LogP contribution is -2.58. The molecule has 1 heterocycles. The molecule has 3 N–H and O–H groups in total. The highest BCUT2D eigenvalue weighted by atomic mass is 19.4. The molecule has 1 atom stereocenters. The van der Waals surface area contributed by atoms with Crippen molar-refractivity contribution < 1.29 is 23.1 Å². The van der Waals surface area contributed by atoms with Crippen LogP contribution in [0.2, 0.25) is 0 Å². The number of nitrogens with zero attached hydrogens (tertiary/aromatic N) is 1. The molecule has 0 aliphatic rings. The summed E-state index contributed by atoms with van der Waals surface area (Å²) in [5, 5.41) is 11.7. The Labute approximate surface area is 84.5 Å². The van der Waals surface area contributed by atoms with E-state index in [1.807, 2.05) is 0 Å². The van der Waals surface area contributed by atoms with Gasteiger partial charge in [0.25, 0.3) is 0 Å². The summed E-state index contributed by atoms with van der Waals surface area (Å²) < 4.78 is 37.3. The zero-order chi connectivity index (χ0) is 12.7. The highest BCUT2D eigenvalue weighted by Gasteiger charge is 2.60. The van der Waals surface area contributed by atoms with Crippen LogP contribution < -0.4 is 11.4 Å². The average molecular weight is 241 g/mol. The Balaban J connectivity index is 3.65. The van der Waals surface area contributed by atoms with Gasteiger partial charge in [-0.2, -0.15) is 13.2 Å². The number of aliphatic carboxylic acids is 1. The third kappa shape index (κ3) is 1.42. The van der Waals surface area contributed by atoms with Gasteiger partial charge >= 0.3 is 23.5 Å². The molecule has 0 aliphatic carbocycles. The van der Waals surface area contributed by atoms with Crippen molar-refractivity contribution in [2.45, 2.75) is 18.6 Å². The van der Waals surface area contributed by atoms with E-state index in [1.54, 1.807) is 10.2 Å². The lowest BCUT2D eigenvalue weighted by molar-refractivity contribution is -0.220. The van der Waals surface area contributed by atoms with Crippen LogP contribution in [0.15, 0.2) is 9.59 Å². The summed E-state index contributed by atoms with van der Waals surface area (Å²) in [5.41, 5.74) is -6.57. The van der Waals surface area contributed by atoms with E-state index in [-0.39, 0.29) is 6.92 Å². The SMILES string of the molecule is CC(C(=O)O)(n1c(=O)[nH][nH]c1=O)C(F)(F)F. The lowest BCUT2D eigenvalue weighted by Gasteiger charge is -2.26. The number of carbonyl (C=O) groups is 1. The zero-order valence-corrected chi connectivity index (χ0v) is 7.75. The maximum Gasteiger partial charge on any atom is 0.422 e. The van der Waals surface area contributed by atoms with Gasteiger partial charge in [-0.3, -0.25) is 0 Å². The predicted molar refractivity (Wildman–Crippen MR) is 43.0 cm³/mol. The monoisotopic (exact) mass is 241 g/mol. The molecule has 1 rings (SSSR count). The van der Waals surface area contributed by atoms with E-state index in [0.29, 0.717) is 0 Å². The second kappa shape index (κ2) is 3.25. The molecule has 1 aromatic rings. The number of aromatic nitrogens is 3. The van der Waals surface area contributed by atoms with Gasteiger partial charge in [-0.25, -0.2) is 29.1 Å². The molecule has 0 saturated carbocycles. The van der Waals surface area contributed by atoms with Gasteiger partial charge in [0.05, 0.1) is 0 Å². The molecule has 90 valence electrons. The number of H-pyrrole nitrogens is 2. The van der Waals surface area contributed by atoms with Gasteiger partial charge in [-0.1, -0.05) is 0 Å². The van der Waals surface area contributed by atoms with Crippen LogP contribution >= 0.6 is 0 Å². The highest BCUT2D eigenvalue weighted by Crippen LogP contribution is 2.34. The number of carboxylic acid groups (broad SMARTS) is 1. The Morgan fingerprint density at radius 1 is 1.25 bits per heavy atom. The summed E-state index contributed by atoms with van der Waals surface area (Å²) in [6, 6.07) is 0. The van der Waals surface area contributed by atoms with Crippen molar-refractivity contribution in [2.75, 3.05) is 0 Å². The number of rotatable bonds is 2. The van der Waals surface area contributed by atoms with Crippen molar-refractivity contribution in [3.8, 4) is 0 Å². The standard InChI is InChI=1S/C6H6F3N3O4/c1-5(2(13)14,6(7,8)9)12-3(15)10-11-4(12)16/h1H3,(H,10,15)(H,11,16)(H,13,14). The molecule has 0 aliphatic heterocycles. The smallest absolute Gasteiger partial charge is 0.422 e. The minimum atomic E-state index is -5.29. The van der Waals surface area contributed by atoms with Crippen molar-refractivity contribution in [2.24, 2.45) is 0 Å². The Bertz CT molecular complexity index is 497. The van der Waals surface area contributed by atoms with Crippen LogP contribution in [0.1, 0.15) is 6.92 Å². The second-order valence-electron chi connectivity index (χ2n) is 3.07. The van der Waals surface area contributed by atoms with Crippen molar-refractivity contribution in [1.82, 2.24) is 14.8 Å². The number of alkyl halides is 3. The molecule has 0 amide bonds. The zero-order valence-electron chi connectivity index (χ0n) is 7.75. The van der Waals surface area contributed by atoms with Crippen LogP contribution in [-0.4, -0.2) is 32.0 Å². The molecule has 7 nitrogen and oxygen atoms in total. The Kier molecular flexibility index (Phi) is 2.45. The summed E-state index contributed by atoms with van der Waals surface area (Å²) in [6.45, 7) is 0.222. The van der Waals surface area contributed by atoms with Gasteiger partial charge in [0, 0.05) is 0 Å². The molecular weight excluding hydrogens is 235 g/mol. The summed E-state index contributed by atoms with van der Waals surface area (Å²) in [4.78, 5) is 32.5. The fourth-order valence-electron chi connectivity index (χ4n) is 1.06. The fourth-order valence-corrected chi connectivity index (χ4v) is 1.06. The van der Waals surface area contributed by atoms with Gasteiger partial charge in [-0.05, 0) is 6.92 Å². The number of aromatic amines is 2. The van der Waals surface area contributed by atoms with Crippen molar-refractivity contribution >= 4 is 5.97 Å².